The summed E-state index contributed by atoms with van der Waals surface area (Å²) in [6.07, 6.45) is 2.01. The number of nitrogens with zero attached hydrogens (tertiary/aromatic N) is 3. The number of amides is 1. The molecule has 0 radical (unpaired) electrons. The van der Waals surface area contributed by atoms with Crippen LogP contribution in [0.3, 0.4) is 0 Å². The molecule has 0 spiro atoms. The van der Waals surface area contributed by atoms with Gasteiger partial charge in [-0.2, -0.15) is 0 Å². The molecule has 1 amide bonds. The Hall–Kier alpha value is -0.810. The molecule has 6 atom stereocenters. The molecule has 4 rings (SSSR count). The fourth-order valence-corrected chi connectivity index (χ4v) is 4.51. The van der Waals surface area contributed by atoms with Gasteiger partial charge in [-0.15, -0.1) is 11.6 Å². The van der Waals surface area contributed by atoms with Gasteiger partial charge in [-0.1, -0.05) is 0 Å². The van der Waals surface area contributed by atoms with Crippen LogP contribution in [0.15, 0.2) is 4.99 Å². The van der Waals surface area contributed by atoms with E-state index in [1.807, 2.05) is 5.01 Å². The average Bonchev–Trinajstić information content (AvgIpc) is 3.22. The largest absolute Gasteiger partial charge is 0.350 e. The van der Waals surface area contributed by atoms with Crippen molar-refractivity contribution >= 4 is 23.7 Å². The first-order valence-electron chi connectivity index (χ1n) is 9.05. The highest BCUT2D eigenvalue weighted by Crippen LogP contribution is 2.25. The minimum atomic E-state index is -0.451. The van der Waals surface area contributed by atoms with Crippen LogP contribution in [0.1, 0.15) is 6.42 Å². The second kappa shape index (κ2) is 7.43. The molecule has 10 heteroatoms. The van der Waals surface area contributed by atoms with Gasteiger partial charge in [0.15, 0.2) is 0 Å². The van der Waals surface area contributed by atoms with Crippen molar-refractivity contribution in [1.82, 2.24) is 31.3 Å². The first-order chi connectivity index (χ1) is 12.1. The van der Waals surface area contributed by atoms with E-state index in [9.17, 15) is 4.79 Å². The number of piperidine rings is 1. The van der Waals surface area contributed by atoms with E-state index in [0.29, 0.717) is 12.6 Å². The minimum absolute atomic E-state index is 0.0384. The zero-order valence-electron chi connectivity index (χ0n) is 14.2. The molecule has 3 fully saturated rings. The Labute approximate surface area is 152 Å². The Morgan fingerprint density at radius 3 is 3.04 bits per heavy atom. The molecule has 9 nitrogen and oxygen atoms in total. The van der Waals surface area contributed by atoms with Crippen molar-refractivity contribution in [3.8, 4) is 0 Å². The number of carbonyl (C=O) groups is 1. The molecule has 4 aliphatic heterocycles. The second-order valence-corrected chi connectivity index (χ2v) is 7.77. The van der Waals surface area contributed by atoms with Crippen molar-refractivity contribution in [2.45, 2.75) is 36.2 Å². The maximum atomic E-state index is 13.0. The smallest absolute Gasteiger partial charge is 0.230 e. The maximum Gasteiger partial charge on any atom is 0.230 e. The summed E-state index contributed by atoms with van der Waals surface area (Å²) in [7, 11) is 0. The number of aliphatic imine (C=N–C) groups is 1. The van der Waals surface area contributed by atoms with E-state index < -0.39 is 12.1 Å². The topological polar surface area (TPSA) is 110 Å². The summed E-state index contributed by atoms with van der Waals surface area (Å²) in [6, 6.07) is 0.430. The molecule has 0 aliphatic carbocycles. The Morgan fingerprint density at radius 1 is 1.36 bits per heavy atom. The second-order valence-electron chi connectivity index (χ2n) is 7.21. The molecule has 4 heterocycles. The summed E-state index contributed by atoms with van der Waals surface area (Å²) in [5, 5.41) is 11.7. The lowest BCUT2D eigenvalue weighted by Gasteiger charge is -2.39. The lowest BCUT2D eigenvalue weighted by atomic mass is 9.97. The van der Waals surface area contributed by atoms with Crippen molar-refractivity contribution in [2.24, 2.45) is 16.6 Å². The number of hydrogen-bond acceptors (Lipinski definition) is 8. The molecular weight excluding hydrogens is 344 g/mol. The van der Waals surface area contributed by atoms with Crippen LogP contribution in [-0.2, 0) is 4.79 Å². The van der Waals surface area contributed by atoms with Gasteiger partial charge >= 0.3 is 0 Å². The highest BCUT2D eigenvalue weighted by Gasteiger charge is 2.47. The number of hydrogen-bond donors (Lipinski definition) is 5. The van der Waals surface area contributed by atoms with E-state index in [0.717, 1.165) is 39.3 Å². The number of alkyl halides is 1. The summed E-state index contributed by atoms with van der Waals surface area (Å²) in [5.74, 6) is -0.455. The van der Waals surface area contributed by atoms with Gasteiger partial charge < -0.3 is 21.7 Å². The maximum absolute atomic E-state index is 13.0. The first-order valence-corrected chi connectivity index (χ1v) is 9.49. The number of rotatable bonds is 3. The summed E-state index contributed by atoms with van der Waals surface area (Å²) >= 11 is 6.11. The molecule has 3 saturated heterocycles. The van der Waals surface area contributed by atoms with E-state index in [1.54, 1.807) is 6.21 Å². The average molecular weight is 371 g/mol. The van der Waals surface area contributed by atoms with Gasteiger partial charge in [0.25, 0.3) is 0 Å². The van der Waals surface area contributed by atoms with Gasteiger partial charge in [0, 0.05) is 45.1 Å². The van der Waals surface area contributed by atoms with Crippen LogP contribution in [0.4, 0.5) is 0 Å². The predicted molar refractivity (Wildman–Crippen MR) is 96.0 cm³/mol. The van der Waals surface area contributed by atoms with Gasteiger partial charge in [-0.05, 0) is 13.0 Å². The van der Waals surface area contributed by atoms with E-state index >= 15 is 0 Å². The number of nitrogens with one attached hydrogen (secondary N) is 4. The van der Waals surface area contributed by atoms with E-state index in [4.69, 9.17) is 17.3 Å². The Bertz CT molecular complexity index is 528. The number of hydrazine groups is 1. The third kappa shape index (κ3) is 3.55. The van der Waals surface area contributed by atoms with Crippen LogP contribution in [0.5, 0.6) is 0 Å². The summed E-state index contributed by atoms with van der Waals surface area (Å²) < 4.78 is 0. The normalized spacial score (nSPS) is 42.5. The van der Waals surface area contributed by atoms with Crippen molar-refractivity contribution < 1.29 is 4.79 Å². The molecule has 6 N–H and O–H groups in total. The van der Waals surface area contributed by atoms with E-state index in [1.165, 1.54) is 0 Å². The predicted octanol–water partition coefficient (Wildman–Crippen LogP) is -2.57. The fourth-order valence-electron chi connectivity index (χ4n) is 4.29. The lowest BCUT2D eigenvalue weighted by Crippen LogP contribution is -2.61. The summed E-state index contributed by atoms with van der Waals surface area (Å²) in [6.45, 7) is 5.28. The zero-order chi connectivity index (χ0) is 17.4. The van der Waals surface area contributed by atoms with Gasteiger partial charge in [0.05, 0.1) is 17.6 Å². The van der Waals surface area contributed by atoms with Crippen LogP contribution in [0.25, 0.3) is 0 Å². The third-order valence-electron chi connectivity index (χ3n) is 5.55. The Morgan fingerprint density at radius 2 is 2.24 bits per heavy atom. The Balaban J connectivity index is 1.44. The van der Waals surface area contributed by atoms with Crippen molar-refractivity contribution in [3.05, 3.63) is 0 Å². The molecule has 0 aromatic heterocycles. The number of nitrogens with two attached hydrogens (primary N) is 1. The molecule has 4 aliphatic rings. The van der Waals surface area contributed by atoms with Gasteiger partial charge in [-0.25, -0.2) is 10.4 Å². The number of fused-ring (bicyclic) bond motifs is 1. The monoisotopic (exact) mass is 370 g/mol. The molecule has 0 saturated carbocycles. The first kappa shape index (κ1) is 17.6. The van der Waals surface area contributed by atoms with Crippen molar-refractivity contribution in [1.29, 1.82) is 0 Å². The highest BCUT2D eigenvalue weighted by molar-refractivity contribution is 6.28. The number of halogens is 1. The molecule has 6 unspecified atom stereocenters. The minimum Gasteiger partial charge on any atom is -0.350 e. The molecule has 140 valence electrons. The molecular formula is C15H27ClN8O. The third-order valence-corrected chi connectivity index (χ3v) is 5.80. The molecule has 0 bridgehead atoms. The van der Waals surface area contributed by atoms with Crippen LogP contribution in [0.2, 0.25) is 0 Å². The molecule has 0 aromatic carbocycles. The molecule has 25 heavy (non-hydrogen) atoms. The standard InChI is InChI=1S/C15H27ClN8O/c16-9-5-20-14-12(13(17)22-24(14)7-9)15(25)21-10-6-18-2-1-11(10)23-4-3-19-8-23/h5,9-14,18-19,22H,1-4,6-8,17H2,(H,21,25). The van der Waals surface area contributed by atoms with Crippen LogP contribution < -0.4 is 27.1 Å². The van der Waals surface area contributed by atoms with Crippen LogP contribution in [-0.4, -0.2) is 91.2 Å². The highest BCUT2D eigenvalue weighted by atomic mass is 35.5. The van der Waals surface area contributed by atoms with Crippen molar-refractivity contribution in [2.75, 3.05) is 39.4 Å². The number of carbonyl (C=O) groups excluding carboxylic acids is 1. The van der Waals surface area contributed by atoms with Crippen molar-refractivity contribution in [3.63, 3.8) is 0 Å². The van der Waals surface area contributed by atoms with E-state index in [-0.39, 0.29) is 23.5 Å². The lowest BCUT2D eigenvalue weighted by molar-refractivity contribution is -0.127. The van der Waals surface area contributed by atoms with Gasteiger partial charge in [0.1, 0.15) is 12.1 Å². The summed E-state index contributed by atoms with van der Waals surface area (Å²) in [5.41, 5.74) is 9.32. The molecule has 0 aromatic rings. The zero-order valence-corrected chi connectivity index (χ0v) is 15.0. The van der Waals surface area contributed by atoms with Gasteiger partial charge in [0.2, 0.25) is 5.91 Å². The Kier molecular flexibility index (Phi) is 5.23. The summed E-state index contributed by atoms with van der Waals surface area (Å²) in [4.78, 5) is 19.9. The van der Waals surface area contributed by atoms with E-state index in [2.05, 4.69) is 31.3 Å². The quantitative estimate of drug-likeness (QED) is 0.347. The van der Waals surface area contributed by atoms with Gasteiger partial charge in [-0.3, -0.25) is 14.7 Å². The van der Waals surface area contributed by atoms with Crippen LogP contribution in [0, 0.1) is 5.92 Å². The van der Waals surface area contributed by atoms with Crippen LogP contribution >= 0.6 is 11.6 Å². The SMILES string of the molecule is NC1NN2CC(Cl)C=NC2C1C(=O)NC1CNCCC1N1CCNC1. The fraction of sp³-hybridized carbons (Fsp3) is 0.867.